The Bertz CT molecular complexity index is 340. The minimum Gasteiger partial charge on any atom is -0.381 e. The van der Waals surface area contributed by atoms with Crippen molar-refractivity contribution >= 4 is 5.69 Å². The van der Waals surface area contributed by atoms with Crippen molar-refractivity contribution in [3.8, 4) is 0 Å². The lowest BCUT2D eigenvalue weighted by atomic mass is 10.00. The number of rotatable bonds is 3. The fourth-order valence-electron chi connectivity index (χ4n) is 2.05. The second-order valence-corrected chi connectivity index (χ2v) is 4.27. The highest BCUT2D eigenvalue weighted by atomic mass is 19.1. The molecule has 1 fully saturated rings. The molecule has 0 amide bonds. The van der Waals surface area contributed by atoms with Gasteiger partial charge in [-0.05, 0) is 24.8 Å². The zero-order valence-corrected chi connectivity index (χ0v) is 9.53. The van der Waals surface area contributed by atoms with Gasteiger partial charge in [0.2, 0.25) is 5.95 Å². The van der Waals surface area contributed by atoms with Crippen molar-refractivity contribution in [1.82, 2.24) is 4.98 Å². The van der Waals surface area contributed by atoms with Gasteiger partial charge >= 0.3 is 0 Å². The lowest BCUT2D eigenvalue weighted by molar-refractivity contribution is 0.0685. The normalized spacial score (nSPS) is 17.4. The highest BCUT2D eigenvalue weighted by Gasteiger charge is 2.16. The molecule has 3 nitrogen and oxygen atoms in total. The number of aromatic nitrogens is 1. The van der Waals surface area contributed by atoms with Crippen molar-refractivity contribution in [1.29, 1.82) is 0 Å². The molecule has 16 heavy (non-hydrogen) atoms. The van der Waals surface area contributed by atoms with E-state index in [2.05, 4.69) is 9.88 Å². The highest BCUT2D eigenvalue weighted by molar-refractivity contribution is 5.43. The molecule has 2 heterocycles. The van der Waals surface area contributed by atoms with E-state index in [1.807, 2.05) is 13.1 Å². The average Bonchev–Trinajstić information content (AvgIpc) is 2.30. The summed E-state index contributed by atoms with van der Waals surface area (Å²) in [5.74, 6) is 0.228. The molecule has 2 rings (SSSR count). The molecule has 1 aliphatic rings. The Morgan fingerprint density at radius 1 is 1.50 bits per heavy atom. The van der Waals surface area contributed by atoms with Crippen LogP contribution in [0, 0.1) is 11.9 Å². The summed E-state index contributed by atoms with van der Waals surface area (Å²) in [6, 6.07) is 3.31. The minimum atomic E-state index is -0.420. The second-order valence-electron chi connectivity index (χ2n) is 4.27. The standard InChI is InChI=1S/C12H17FN2O/c1-15(9-10-3-6-16-7-4-10)11-2-5-14-12(13)8-11/h2,5,8,10H,3-4,6-7,9H2,1H3. The van der Waals surface area contributed by atoms with Gasteiger partial charge in [0.05, 0.1) is 0 Å². The first-order valence-corrected chi connectivity index (χ1v) is 5.66. The molecule has 0 spiro atoms. The molecule has 0 aromatic carbocycles. The number of hydrogen-bond donors (Lipinski definition) is 0. The fourth-order valence-corrected chi connectivity index (χ4v) is 2.05. The third-order valence-electron chi connectivity index (χ3n) is 3.02. The third-order valence-corrected chi connectivity index (χ3v) is 3.02. The molecule has 0 aliphatic carbocycles. The van der Waals surface area contributed by atoms with Gasteiger partial charge in [0.1, 0.15) is 0 Å². The molecule has 1 saturated heterocycles. The van der Waals surface area contributed by atoms with Crippen LogP contribution in [0.1, 0.15) is 12.8 Å². The maximum absolute atomic E-state index is 12.9. The van der Waals surface area contributed by atoms with Gasteiger partial charge in [-0.15, -0.1) is 0 Å². The Balaban J connectivity index is 1.94. The van der Waals surface area contributed by atoms with E-state index in [4.69, 9.17) is 4.74 Å². The summed E-state index contributed by atoms with van der Waals surface area (Å²) in [6.45, 7) is 2.65. The Hall–Kier alpha value is -1.16. The Morgan fingerprint density at radius 2 is 2.25 bits per heavy atom. The Morgan fingerprint density at radius 3 is 2.94 bits per heavy atom. The first kappa shape index (κ1) is 11.3. The van der Waals surface area contributed by atoms with Gasteiger partial charge in [-0.3, -0.25) is 0 Å². The summed E-state index contributed by atoms with van der Waals surface area (Å²) in [6.07, 6.45) is 3.70. The van der Waals surface area contributed by atoms with Crippen molar-refractivity contribution in [2.45, 2.75) is 12.8 Å². The van der Waals surface area contributed by atoms with E-state index in [0.29, 0.717) is 5.92 Å². The minimum absolute atomic E-state index is 0.420. The Kier molecular flexibility index (Phi) is 3.72. The maximum Gasteiger partial charge on any atom is 0.214 e. The number of ether oxygens (including phenoxy) is 1. The molecule has 1 aromatic heterocycles. The fraction of sp³-hybridized carbons (Fsp3) is 0.583. The lowest BCUT2D eigenvalue weighted by Crippen LogP contribution is -2.29. The van der Waals surface area contributed by atoms with Crippen LogP contribution in [0.3, 0.4) is 0 Å². The van der Waals surface area contributed by atoms with Crippen LogP contribution in [-0.2, 0) is 4.74 Å². The van der Waals surface area contributed by atoms with E-state index in [9.17, 15) is 4.39 Å². The van der Waals surface area contributed by atoms with Crippen LogP contribution in [0.15, 0.2) is 18.3 Å². The van der Waals surface area contributed by atoms with Crippen molar-refractivity contribution in [2.75, 3.05) is 31.7 Å². The van der Waals surface area contributed by atoms with Crippen LogP contribution in [0.4, 0.5) is 10.1 Å². The van der Waals surface area contributed by atoms with E-state index >= 15 is 0 Å². The number of anilines is 1. The van der Waals surface area contributed by atoms with Crippen LogP contribution < -0.4 is 4.90 Å². The Labute approximate surface area is 95.2 Å². The number of hydrogen-bond acceptors (Lipinski definition) is 3. The van der Waals surface area contributed by atoms with Crippen molar-refractivity contribution in [3.63, 3.8) is 0 Å². The molecule has 88 valence electrons. The SMILES string of the molecule is CN(CC1CCOCC1)c1ccnc(F)c1. The van der Waals surface area contributed by atoms with E-state index in [1.165, 1.54) is 12.3 Å². The molecule has 0 atom stereocenters. The first-order chi connectivity index (χ1) is 7.75. The average molecular weight is 224 g/mol. The van der Waals surface area contributed by atoms with Crippen LogP contribution in [0.25, 0.3) is 0 Å². The smallest absolute Gasteiger partial charge is 0.214 e. The molecule has 0 N–H and O–H groups in total. The van der Waals surface area contributed by atoms with Gasteiger partial charge in [0, 0.05) is 44.8 Å². The number of nitrogens with zero attached hydrogens (tertiary/aromatic N) is 2. The summed E-state index contributed by atoms with van der Waals surface area (Å²) in [7, 11) is 1.99. The molecule has 0 unspecified atom stereocenters. The highest BCUT2D eigenvalue weighted by Crippen LogP contribution is 2.19. The number of pyridine rings is 1. The van der Waals surface area contributed by atoms with Crippen LogP contribution in [-0.4, -0.2) is 31.8 Å². The molecule has 1 aliphatic heterocycles. The van der Waals surface area contributed by atoms with Gasteiger partial charge in [-0.25, -0.2) is 4.98 Å². The van der Waals surface area contributed by atoms with E-state index < -0.39 is 5.95 Å². The van der Waals surface area contributed by atoms with Gasteiger partial charge in [0.25, 0.3) is 0 Å². The summed E-state index contributed by atoms with van der Waals surface area (Å²) in [5, 5.41) is 0. The van der Waals surface area contributed by atoms with Gasteiger partial charge < -0.3 is 9.64 Å². The monoisotopic (exact) mass is 224 g/mol. The van der Waals surface area contributed by atoms with E-state index in [-0.39, 0.29) is 0 Å². The topological polar surface area (TPSA) is 25.4 Å². The molecule has 0 saturated carbocycles. The zero-order chi connectivity index (χ0) is 11.4. The summed E-state index contributed by atoms with van der Waals surface area (Å²) < 4.78 is 18.3. The van der Waals surface area contributed by atoms with Crippen LogP contribution >= 0.6 is 0 Å². The molecule has 0 radical (unpaired) electrons. The zero-order valence-electron chi connectivity index (χ0n) is 9.53. The molecule has 4 heteroatoms. The molecular weight excluding hydrogens is 207 g/mol. The maximum atomic E-state index is 12.9. The number of halogens is 1. The van der Waals surface area contributed by atoms with Crippen molar-refractivity contribution < 1.29 is 9.13 Å². The molecule has 0 bridgehead atoms. The quantitative estimate of drug-likeness (QED) is 0.735. The molecular formula is C12H17FN2O. The van der Waals surface area contributed by atoms with Gasteiger partial charge in [-0.1, -0.05) is 0 Å². The first-order valence-electron chi connectivity index (χ1n) is 5.66. The second kappa shape index (κ2) is 5.25. The van der Waals surface area contributed by atoms with E-state index in [1.54, 1.807) is 0 Å². The van der Waals surface area contributed by atoms with Crippen molar-refractivity contribution in [2.24, 2.45) is 5.92 Å². The van der Waals surface area contributed by atoms with Gasteiger partial charge in [-0.2, -0.15) is 4.39 Å². The summed E-state index contributed by atoms with van der Waals surface area (Å²) in [4.78, 5) is 5.64. The lowest BCUT2D eigenvalue weighted by Gasteiger charge is -2.28. The van der Waals surface area contributed by atoms with Gasteiger partial charge in [0.15, 0.2) is 0 Å². The predicted octanol–water partition coefficient (Wildman–Crippen LogP) is 2.08. The third kappa shape index (κ3) is 2.92. The van der Waals surface area contributed by atoms with Crippen molar-refractivity contribution in [3.05, 3.63) is 24.3 Å². The largest absolute Gasteiger partial charge is 0.381 e. The molecule has 1 aromatic rings. The summed E-state index contributed by atoms with van der Waals surface area (Å²) in [5.41, 5.74) is 0.888. The van der Waals surface area contributed by atoms with E-state index in [0.717, 1.165) is 38.3 Å². The van der Waals surface area contributed by atoms with Crippen LogP contribution in [0.2, 0.25) is 0 Å². The van der Waals surface area contributed by atoms with Crippen LogP contribution in [0.5, 0.6) is 0 Å². The predicted molar refractivity (Wildman–Crippen MR) is 61.0 cm³/mol. The summed E-state index contributed by atoms with van der Waals surface area (Å²) >= 11 is 0.